The summed E-state index contributed by atoms with van der Waals surface area (Å²) >= 11 is 14.4. The van der Waals surface area contributed by atoms with E-state index in [-0.39, 0.29) is 31.8 Å². The summed E-state index contributed by atoms with van der Waals surface area (Å²) in [5, 5.41) is 9.93. The highest BCUT2D eigenvalue weighted by Gasteiger charge is 2.38. The van der Waals surface area contributed by atoms with E-state index in [4.69, 9.17) is 33.7 Å². The van der Waals surface area contributed by atoms with Crippen LogP contribution in [0, 0.1) is 0 Å². The normalized spacial score (nSPS) is 15.8. The molecular weight excluding hydrogens is 459 g/mol. The molecule has 31 heavy (non-hydrogen) atoms. The topological polar surface area (TPSA) is 92.9 Å². The minimum Gasteiger partial charge on any atom is -0.496 e. The fraction of sp³-hybridized carbons (Fsp3) is 0.273. The number of hydrogen-bond donors (Lipinski definition) is 2. The van der Waals surface area contributed by atoms with Crippen molar-refractivity contribution >= 4 is 52.9 Å². The number of likely N-dealkylation sites (tertiary alicyclic amines) is 1. The Kier molecular flexibility index (Phi) is 7.54. The van der Waals surface area contributed by atoms with Crippen molar-refractivity contribution in [1.29, 1.82) is 0 Å². The number of hydrogen-bond acceptors (Lipinski definition) is 5. The van der Waals surface area contributed by atoms with Crippen molar-refractivity contribution in [2.45, 2.75) is 28.2 Å². The van der Waals surface area contributed by atoms with Gasteiger partial charge in [-0.2, -0.15) is 0 Å². The number of carbonyl (C=O) groups excluding carboxylic acids is 1. The molecule has 0 saturated carbocycles. The van der Waals surface area contributed by atoms with E-state index in [0.29, 0.717) is 15.6 Å². The summed E-state index contributed by atoms with van der Waals surface area (Å²) in [5.41, 5.74) is 5.20. The van der Waals surface area contributed by atoms with Crippen molar-refractivity contribution in [1.82, 2.24) is 4.90 Å². The Morgan fingerprint density at radius 3 is 2.45 bits per heavy atom. The lowest BCUT2D eigenvalue weighted by Crippen LogP contribution is -2.56. The van der Waals surface area contributed by atoms with E-state index in [1.807, 2.05) is 30.3 Å². The Morgan fingerprint density at radius 2 is 1.81 bits per heavy atom. The molecule has 1 aliphatic rings. The molecule has 1 saturated heterocycles. The van der Waals surface area contributed by atoms with Crippen molar-refractivity contribution in [3.05, 3.63) is 58.1 Å². The lowest BCUT2D eigenvalue weighted by Gasteiger charge is -2.35. The van der Waals surface area contributed by atoms with Gasteiger partial charge in [0.25, 0.3) is 0 Å². The van der Waals surface area contributed by atoms with Gasteiger partial charge in [0, 0.05) is 24.1 Å². The number of halogens is 2. The third kappa shape index (κ3) is 5.36. The Labute approximate surface area is 195 Å². The zero-order chi connectivity index (χ0) is 22.6. The van der Waals surface area contributed by atoms with Gasteiger partial charge in [0.15, 0.2) is 0 Å². The van der Waals surface area contributed by atoms with Crippen LogP contribution in [0.4, 0.5) is 0 Å². The van der Waals surface area contributed by atoms with Gasteiger partial charge in [0.2, 0.25) is 5.91 Å². The van der Waals surface area contributed by atoms with Crippen LogP contribution in [0.3, 0.4) is 0 Å². The van der Waals surface area contributed by atoms with Gasteiger partial charge < -0.3 is 20.5 Å². The fourth-order valence-corrected chi connectivity index (χ4v) is 4.72. The number of nitrogens with zero attached hydrogens (tertiary/aromatic N) is 1. The van der Waals surface area contributed by atoms with Gasteiger partial charge in [-0.25, -0.2) is 0 Å². The summed E-state index contributed by atoms with van der Waals surface area (Å²) in [4.78, 5) is 27.0. The second kappa shape index (κ2) is 9.96. The van der Waals surface area contributed by atoms with Crippen molar-refractivity contribution in [3.8, 4) is 5.75 Å². The lowest BCUT2D eigenvalue weighted by molar-refractivity contribution is -0.146. The molecule has 1 aliphatic heterocycles. The molecule has 0 bridgehead atoms. The highest BCUT2D eigenvalue weighted by Crippen LogP contribution is 2.42. The summed E-state index contributed by atoms with van der Waals surface area (Å²) in [7, 11) is 1.61. The van der Waals surface area contributed by atoms with Crippen LogP contribution in [0.1, 0.15) is 18.4 Å². The minimum atomic E-state index is -1.27. The van der Waals surface area contributed by atoms with E-state index in [9.17, 15) is 14.7 Å². The van der Waals surface area contributed by atoms with Crippen LogP contribution in [0.5, 0.6) is 5.75 Å². The molecule has 1 amide bonds. The highest BCUT2D eigenvalue weighted by atomic mass is 35.5. The molecule has 2 aromatic carbocycles. The molecule has 3 rings (SSSR count). The van der Waals surface area contributed by atoms with Gasteiger partial charge in [-0.15, -0.1) is 0 Å². The number of rotatable bonds is 6. The van der Waals surface area contributed by atoms with Gasteiger partial charge in [0.05, 0.1) is 22.1 Å². The van der Waals surface area contributed by atoms with E-state index >= 15 is 0 Å². The quantitative estimate of drug-likeness (QED) is 0.588. The molecule has 0 atom stereocenters. The molecule has 1 fully saturated rings. The third-order valence-corrected chi connectivity index (χ3v) is 7.29. The molecular formula is C22H22Cl2N2O4S. The molecule has 6 nitrogen and oxygen atoms in total. The maximum absolute atomic E-state index is 12.5. The predicted octanol–water partition coefficient (Wildman–Crippen LogP) is 4.57. The van der Waals surface area contributed by atoms with E-state index in [1.165, 1.54) is 17.8 Å². The van der Waals surface area contributed by atoms with Crippen LogP contribution in [-0.2, 0) is 9.59 Å². The van der Waals surface area contributed by atoms with Crippen LogP contribution >= 0.6 is 35.0 Å². The number of para-hydroxylation sites is 1. The average Bonchev–Trinajstić information content (AvgIpc) is 2.77. The number of ether oxygens (including phenoxy) is 1. The molecule has 9 heteroatoms. The number of amides is 1. The zero-order valence-corrected chi connectivity index (χ0v) is 19.1. The van der Waals surface area contributed by atoms with E-state index in [0.717, 1.165) is 15.5 Å². The summed E-state index contributed by atoms with van der Waals surface area (Å²) in [5.74, 6) is -0.532. The van der Waals surface area contributed by atoms with Gasteiger partial charge >= 0.3 is 5.97 Å². The van der Waals surface area contributed by atoms with Crippen LogP contribution in [-0.4, -0.2) is 47.6 Å². The van der Waals surface area contributed by atoms with Gasteiger partial charge in [-0.05, 0) is 42.7 Å². The number of benzene rings is 2. The Bertz CT molecular complexity index is 1020. The first kappa shape index (κ1) is 23.5. The molecule has 3 N–H and O–H groups in total. The summed E-state index contributed by atoms with van der Waals surface area (Å²) in [6, 6.07) is 11.2. The highest BCUT2D eigenvalue weighted by molar-refractivity contribution is 7.99. The number of carbonyl (C=O) groups is 2. The second-order valence-corrected chi connectivity index (χ2v) is 8.99. The molecule has 0 radical (unpaired) electrons. The Hall–Kier alpha value is -2.19. The number of methoxy groups -OCH3 is 1. The molecule has 164 valence electrons. The minimum absolute atomic E-state index is 0.212. The zero-order valence-electron chi connectivity index (χ0n) is 16.8. The molecule has 0 aromatic heterocycles. The summed E-state index contributed by atoms with van der Waals surface area (Å²) in [6.45, 7) is 0.573. The van der Waals surface area contributed by atoms with E-state index in [2.05, 4.69) is 0 Å². The van der Waals surface area contributed by atoms with E-state index < -0.39 is 11.5 Å². The average molecular weight is 481 g/mol. The number of carboxylic acids is 1. The maximum Gasteiger partial charge on any atom is 0.323 e. The number of aliphatic carboxylic acids is 1. The number of carboxylic acid groups (broad SMARTS) is 1. The second-order valence-electron chi connectivity index (χ2n) is 7.15. The predicted molar refractivity (Wildman–Crippen MR) is 123 cm³/mol. The van der Waals surface area contributed by atoms with Crippen LogP contribution in [0.15, 0.2) is 52.3 Å². The van der Waals surface area contributed by atoms with Crippen molar-refractivity contribution < 1.29 is 19.4 Å². The molecule has 0 unspecified atom stereocenters. The number of piperidine rings is 1. The maximum atomic E-state index is 12.5. The monoisotopic (exact) mass is 480 g/mol. The standard InChI is InChI=1S/C22H22Cl2N2O4S/c1-30-15-4-2-3-5-16(15)31-17-8-6-14(19(23)20(17)24)7-9-18(27)26-12-10-22(25,11-13-26)21(28)29/h2-9H,10-13,25H2,1H3,(H,28,29)/b9-7+. The van der Waals surface area contributed by atoms with Gasteiger partial charge in [-0.3, -0.25) is 9.59 Å². The fourth-order valence-electron chi connectivity index (χ4n) is 3.18. The van der Waals surface area contributed by atoms with Gasteiger partial charge in [0.1, 0.15) is 11.3 Å². The summed E-state index contributed by atoms with van der Waals surface area (Å²) in [6.07, 6.45) is 3.44. The van der Waals surface area contributed by atoms with Crippen LogP contribution < -0.4 is 10.5 Å². The molecule has 0 aliphatic carbocycles. The Balaban J connectivity index is 1.70. The Morgan fingerprint density at radius 1 is 1.13 bits per heavy atom. The first-order valence-electron chi connectivity index (χ1n) is 9.53. The number of nitrogens with two attached hydrogens (primary N) is 1. The van der Waals surface area contributed by atoms with Crippen molar-refractivity contribution in [2.75, 3.05) is 20.2 Å². The van der Waals surface area contributed by atoms with Gasteiger partial charge in [-0.1, -0.05) is 53.2 Å². The molecule has 2 aromatic rings. The van der Waals surface area contributed by atoms with Crippen molar-refractivity contribution in [2.24, 2.45) is 5.73 Å². The summed E-state index contributed by atoms with van der Waals surface area (Å²) < 4.78 is 5.37. The van der Waals surface area contributed by atoms with Crippen molar-refractivity contribution in [3.63, 3.8) is 0 Å². The lowest BCUT2D eigenvalue weighted by atomic mass is 9.89. The molecule has 1 heterocycles. The SMILES string of the molecule is COc1ccccc1Sc1ccc(/C=C/C(=O)N2CCC(N)(C(=O)O)CC2)c(Cl)c1Cl. The molecule has 0 spiro atoms. The first-order valence-corrected chi connectivity index (χ1v) is 11.1. The van der Waals surface area contributed by atoms with Crippen LogP contribution in [0.2, 0.25) is 10.0 Å². The largest absolute Gasteiger partial charge is 0.496 e. The smallest absolute Gasteiger partial charge is 0.323 e. The third-order valence-electron chi connectivity index (χ3n) is 5.16. The van der Waals surface area contributed by atoms with Crippen LogP contribution in [0.25, 0.3) is 6.08 Å². The first-order chi connectivity index (χ1) is 14.7. The van der Waals surface area contributed by atoms with E-state index in [1.54, 1.807) is 24.2 Å².